The third kappa shape index (κ3) is 2.80. The maximum atomic E-state index is 12.0. The topological polar surface area (TPSA) is 74.6 Å². The molecule has 2 aromatic heterocycles. The molecule has 3 rings (SSSR count). The van der Waals surface area contributed by atoms with E-state index in [-0.39, 0.29) is 5.69 Å². The van der Waals surface area contributed by atoms with E-state index in [0.717, 1.165) is 11.3 Å². The quantitative estimate of drug-likeness (QED) is 0.759. The van der Waals surface area contributed by atoms with Gasteiger partial charge < -0.3 is 10.5 Å². The highest BCUT2D eigenvalue weighted by Crippen LogP contribution is 2.11. The van der Waals surface area contributed by atoms with Crippen LogP contribution in [0.15, 0.2) is 53.5 Å². The summed E-state index contributed by atoms with van der Waals surface area (Å²) < 4.78 is 8.53. The highest BCUT2D eigenvalue weighted by molar-refractivity contribution is 5.35. The molecule has 0 aliphatic rings. The molecular formula is C15H16N4O2. The van der Waals surface area contributed by atoms with Crippen molar-refractivity contribution in [1.29, 1.82) is 0 Å². The summed E-state index contributed by atoms with van der Waals surface area (Å²) in [5, 5.41) is 4.24. The fourth-order valence-electron chi connectivity index (χ4n) is 2.09. The standard InChI is InChI=1S/C15H16N4O2/c16-11-12-4-6-13(7-5-12)21-10-9-19-15(20)18-8-2-1-3-14(18)17-19/h1-8H,9-11,16H2. The second-order valence-electron chi connectivity index (χ2n) is 4.63. The van der Waals surface area contributed by atoms with Crippen LogP contribution in [0.4, 0.5) is 0 Å². The number of pyridine rings is 1. The van der Waals surface area contributed by atoms with Gasteiger partial charge in [0.1, 0.15) is 12.4 Å². The summed E-state index contributed by atoms with van der Waals surface area (Å²) in [6.07, 6.45) is 1.70. The van der Waals surface area contributed by atoms with Crippen molar-refractivity contribution in [1.82, 2.24) is 14.2 Å². The molecule has 0 amide bonds. The van der Waals surface area contributed by atoms with Crippen molar-refractivity contribution in [2.24, 2.45) is 5.73 Å². The maximum absolute atomic E-state index is 12.0. The van der Waals surface area contributed by atoms with Gasteiger partial charge in [0.25, 0.3) is 0 Å². The number of benzene rings is 1. The molecule has 0 saturated heterocycles. The van der Waals surface area contributed by atoms with Crippen molar-refractivity contribution in [3.63, 3.8) is 0 Å². The van der Waals surface area contributed by atoms with Crippen LogP contribution in [0.5, 0.6) is 5.75 Å². The van der Waals surface area contributed by atoms with Gasteiger partial charge in [0, 0.05) is 12.7 Å². The summed E-state index contributed by atoms with van der Waals surface area (Å²) in [5.41, 5.74) is 7.07. The van der Waals surface area contributed by atoms with Crippen LogP contribution in [-0.2, 0) is 13.1 Å². The first-order chi connectivity index (χ1) is 10.3. The van der Waals surface area contributed by atoms with Gasteiger partial charge in [-0.05, 0) is 29.8 Å². The Labute approximate surface area is 121 Å². The molecule has 0 spiro atoms. The number of rotatable bonds is 5. The van der Waals surface area contributed by atoms with Crippen molar-refractivity contribution >= 4 is 5.65 Å². The van der Waals surface area contributed by atoms with E-state index >= 15 is 0 Å². The Morgan fingerprint density at radius 3 is 2.67 bits per heavy atom. The lowest BCUT2D eigenvalue weighted by Crippen LogP contribution is -2.23. The fourth-order valence-corrected chi connectivity index (χ4v) is 2.09. The molecule has 0 atom stereocenters. The van der Waals surface area contributed by atoms with Gasteiger partial charge in [0.15, 0.2) is 5.65 Å². The van der Waals surface area contributed by atoms with Crippen LogP contribution in [0.1, 0.15) is 5.56 Å². The zero-order valence-corrected chi connectivity index (χ0v) is 11.5. The molecule has 0 unspecified atom stereocenters. The van der Waals surface area contributed by atoms with Gasteiger partial charge in [-0.3, -0.25) is 4.40 Å². The summed E-state index contributed by atoms with van der Waals surface area (Å²) >= 11 is 0. The van der Waals surface area contributed by atoms with Gasteiger partial charge in [-0.2, -0.15) is 0 Å². The van der Waals surface area contributed by atoms with Crippen molar-refractivity contribution < 1.29 is 4.74 Å². The Hall–Kier alpha value is -2.60. The summed E-state index contributed by atoms with van der Waals surface area (Å²) in [6.45, 7) is 1.29. The highest BCUT2D eigenvalue weighted by atomic mass is 16.5. The number of hydrogen-bond acceptors (Lipinski definition) is 4. The average molecular weight is 284 g/mol. The first-order valence-electron chi connectivity index (χ1n) is 6.74. The second-order valence-corrected chi connectivity index (χ2v) is 4.63. The van der Waals surface area contributed by atoms with E-state index in [1.165, 1.54) is 9.08 Å². The monoisotopic (exact) mass is 284 g/mol. The Morgan fingerprint density at radius 1 is 1.14 bits per heavy atom. The van der Waals surface area contributed by atoms with Crippen molar-refractivity contribution in [3.8, 4) is 5.75 Å². The van der Waals surface area contributed by atoms with Gasteiger partial charge in [0.05, 0.1) is 6.54 Å². The maximum Gasteiger partial charge on any atom is 0.350 e. The van der Waals surface area contributed by atoms with Gasteiger partial charge in [-0.15, -0.1) is 5.10 Å². The first-order valence-corrected chi connectivity index (χ1v) is 6.74. The molecule has 6 heteroatoms. The lowest BCUT2D eigenvalue weighted by molar-refractivity contribution is 0.289. The molecule has 3 aromatic rings. The molecule has 0 saturated carbocycles. The zero-order chi connectivity index (χ0) is 14.7. The van der Waals surface area contributed by atoms with Crippen LogP contribution in [0.3, 0.4) is 0 Å². The third-order valence-electron chi connectivity index (χ3n) is 3.22. The smallest absolute Gasteiger partial charge is 0.350 e. The molecule has 21 heavy (non-hydrogen) atoms. The molecule has 2 heterocycles. The van der Waals surface area contributed by atoms with E-state index < -0.39 is 0 Å². The fraction of sp³-hybridized carbons (Fsp3) is 0.200. The van der Waals surface area contributed by atoms with Crippen LogP contribution in [0, 0.1) is 0 Å². The van der Waals surface area contributed by atoms with Crippen molar-refractivity contribution in [3.05, 3.63) is 64.7 Å². The SMILES string of the molecule is NCc1ccc(OCCn2nc3ccccn3c2=O)cc1. The van der Waals surface area contributed by atoms with Crippen LogP contribution in [0.25, 0.3) is 5.65 Å². The Balaban J connectivity index is 1.66. The molecular weight excluding hydrogens is 268 g/mol. The lowest BCUT2D eigenvalue weighted by Gasteiger charge is -2.06. The van der Waals surface area contributed by atoms with Crippen LogP contribution < -0.4 is 16.2 Å². The van der Waals surface area contributed by atoms with E-state index in [9.17, 15) is 4.79 Å². The van der Waals surface area contributed by atoms with Crippen LogP contribution >= 0.6 is 0 Å². The minimum atomic E-state index is -0.160. The first kappa shape index (κ1) is 13.4. The van der Waals surface area contributed by atoms with Gasteiger partial charge >= 0.3 is 5.69 Å². The number of nitrogens with two attached hydrogens (primary N) is 1. The molecule has 6 nitrogen and oxygen atoms in total. The predicted molar refractivity (Wildman–Crippen MR) is 79.3 cm³/mol. The molecule has 1 aromatic carbocycles. The van der Waals surface area contributed by atoms with E-state index in [1.54, 1.807) is 18.3 Å². The Morgan fingerprint density at radius 2 is 1.95 bits per heavy atom. The summed E-state index contributed by atoms with van der Waals surface area (Å²) in [7, 11) is 0. The van der Waals surface area contributed by atoms with Gasteiger partial charge in [0.2, 0.25) is 0 Å². The molecule has 0 radical (unpaired) electrons. The number of nitrogens with zero attached hydrogens (tertiary/aromatic N) is 3. The van der Waals surface area contributed by atoms with Crippen molar-refractivity contribution in [2.45, 2.75) is 13.1 Å². The van der Waals surface area contributed by atoms with E-state index in [2.05, 4.69) is 5.10 Å². The molecule has 0 bridgehead atoms. The minimum absolute atomic E-state index is 0.160. The zero-order valence-electron chi connectivity index (χ0n) is 11.5. The third-order valence-corrected chi connectivity index (χ3v) is 3.22. The van der Waals surface area contributed by atoms with E-state index in [4.69, 9.17) is 10.5 Å². The molecule has 0 aliphatic carbocycles. The number of fused-ring (bicyclic) bond motifs is 1. The second kappa shape index (κ2) is 5.80. The number of aromatic nitrogens is 3. The number of hydrogen-bond donors (Lipinski definition) is 1. The van der Waals surface area contributed by atoms with E-state index in [1.807, 2.05) is 30.3 Å². The summed E-state index contributed by atoms with van der Waals surface area (Å²) in [5.74, 6) is 0.754. The average Bonchev–Trinajstić information content (AvgIpc) is 2.85. The van der Waals surface area contributed by atoms with E-state index in [0.29, 0.717) is 25.3 Å². The number of ether oxygens (including phenoxy) is 1. The molecule has 0 fully saturated rings. The minimum Gasteiger partial charge on any atom is -0.492 e. The molecule has 2 N–H and O–H groups in total. The lowest BCUT2D eigenvalue weighted by atomic mass is 10.2. The molecule has 0 aliphatic heterocycles. The summed E-state index contributed by atoms with van der Waals surface area (Å²) in [4.78, 5) is 12.0. The predicted octanol–water partition coefficient (Wildman–Crippen LogP) is 1.03. The normalized spacial score (nSPS) is 10.9. The van der Waals surface area contributed by atoms with Crippen molar-refractivity contribution in [2.75, 3.05) is 6.61 Å². The Bertz CT molecular complexity index is 789. The van der Waals surface area contributed by atoms with Crippen LogP contribution in [0.2, 0.25) is 0 Å². The molecule has 108 valence electrons. The Kier molecular flexibility index (Phi) is 3.70. The van der Waals surface area contributed by atoms with Gasteiger partial charge in [-0.25, -0.2) is 9.48 Å². The van der Waals surface area contributed by atoms with Crippen LogP contribution in [-0.4, -0.2) is 20.8 Å². The largest absolute Gasteiger partial charge is 0.492 e. The highest BCUT2D eigenvalue weighted by Gasteiger charge is 2.05. The van der Waals surface area contributed by atoms with Gasteiger partial charge in [-0.1, -0.05) is 18.2 Å². The summed E-state index contributed by atoms with van der Waals surface area (Å²) in [6, 6.07) is 13.0.